The first kappa shape index (κ1) is 16.8. The molecule has 2 aromatic carbocycles. The summed E-state index contributed by atoms with van der Waals surface area (Å²) >= 11 is 0. The molecular weight excluding hydrogens is 328 g/mol. The molecule has 2 aliphatic rings. The average Bonchev–Trinajstić information content (AvgIpc) is 2.59. The third-order valence-corrected chi connectivity index (χ3v) is 7.24. The van der Waals surface area contributed by atoms with Gasteiger partial charge in [-0.2, -0.15) is 0 Å². The fourth-order valence-electron chi connectivity index (χ4n) is 4.82. The Labute approximate surface area is 150 Å². The summed E-state index contributed by atoms with van der Waals surface area (Å²) < 4.78 is 23.1. The smallest absolute Gasteiger partial charge is 0.147 e. The van der Waals surface area contributed by atoms with E-state index in [1.54, 1.807) is 0 Å². The maximum absolute atomic E-state index is 11.6. The zero-order chi connectivity index (χ0) is 17.7. The molecule has 0 N–H and O–H groups in total. The highest BCUT2D eigenvalue weighted by atomic mass is 32.2. The second-order valence-electron chi connectivity index (χ2n) is 8.35. The van der Waals surface area contributed by atoms with Crippen molar-refractivity contribution in [1.29, 1.82) is 0 Å². The lowest BCUT2D eigenvalue weighted by atomic mass is 9.61. The van der Waals surface area contributed by atoms with E-state index in [0.717, 1.165) is 25.7 Å². The number of hydrogen-bond donors (Lipinski definition) is 0. The lowest BCUT2D eigenvalue weighted by Gasteiger charge is -2.44. The van der Waals surface area contributed by atoms with Gasteiger partial charge in [-0.05, 0) is 64.8 Å². The molecule has 0 amide bonds. The molecule has 1 saturated carbocycles. The number of benzene rings is 2. The van der Waals surface area contributed by atoms with Crippen LogP contribution in [0.15, 0.2) is 42.5 Å². The van der Waals surface area contributed by atoms with Crippen molar-refractivity contribution < 1.29 is 8.42 Å². The topological polar surface area (TPSA) is 34.1 Å². The molecule has 0 spiro atoms. The molecule has 0 aliphatic heterocycles. The normalized spacial score (nSPS) is 28.6. The van der Waals surface area contributed by atoms with Gasteiger partial charge in [0.2, 0.25) is 0 Å². The molecule has 25 heavy (non-hydrogen) atoms. The lowest BCUT2D eigenvalue weighted by molar-refractivity contribution is 0.155. The van der Waals surface area contributed by atoms with Crippen LogP contribution in [0.25, 0.3) is 16.8 Å². The molecule has 3 heteroatoms. The van der Waals surface area contributed by atoms with Crippen molar-refractivity contribution in [2.24, 2.45) is 11.3 Å². The van der Waals surface area contributed by atoms with E-state index in [-0.39, 0.29) is 5.41 Å². The van der Waals surface area contributed by atoms with Crippen LogP contribution in [-0.4, -0.2) is 20.4 Å². The predicted molar refractivity (Wildman–Crippen MR) is 105 cm³/mol. The Bertz CT molecular complexity index is 942. The molecule has 0 bridgehead atoms. The summed E-state index contributed by atoms with van der Waals surface area (Å²) in [4.78, 5) is 0. The predicted octanol–water partition coefficient (Wildman–Crippen LogP) is 5.19. The van der Waals surface area contributed by atoms with Gasteiger partial charge in [0.25, 0.3) is 0 Å². The van der Waals surface area contributed by atoms with Gasteiger partial charge in [-0.3, -0.25) is 0 Å². The molecule has 0 radical (unpaired) electrons. The van der Waals surface area contributed by atoms with Crippen LogP contribution in [-0.2, 0) is 9.84 Å². The second kappa shape index (κ2) is 5.98. The van der Waals surface area contributed by atoms with Gasteiger partial charge in [0, 0.05) is 6.26 Å². The average molecular weight is 355 g/mol. The molecule has 132 valence electrons. The monoisotopic (exact) mass is 354 g/mol. The Hall–Kier alpha value is -1.61. The molecule has 1 fully saturated rings. The Balaban J connectivity index is 1.62. The van der Waals surface area contributed by atoms with Gasteiger partial charge >= 0.3 is 0 Å². The van der Waals surface area contributed by atoms with Crippen molar-refractivity contribution in [3.8, 4) is 0 Å². The van der Waals surface area contributed by atoms with E-state index in [0.29, 0.717) is 17.6 Å². The summed E-state index contributed by atoms with van der Waals surface area (Å²) in [6.45, 7) is 2.28. The maximum Gasteiger partial charge on any atom is 0.147 e. The molecular formula is C22H26O2S. The first-order valence-corrected chi connectivity index (χ1v) is 11.3. The van der Waals surface area contributed by atoms with Gasteiger partial charge in [-0.25, -0.2) is 8.42 Å². The number of allylic oxidation sites excluding steroid dienone is 1. The Morgan fingerprint density at radius 2 is 1.96 bits per heavy atom. The lowest BCUT2D eigenvalue weighted by Crippen LogP contribution is -2.32. The minimum absolute atomic E-state index is 0.142. The van der Waals surface area contributed by atoms with E-state index in [1.807, 2.05) is 0 Å². The summed E-state index contributed by atoms with van der Waals surface area (Å²) in [5, 5.41) is 2.65. The molecule has 3 unspecified atom stereocenters. The van der Waals surface area contributed by atoms with E-state index in [4.69, 9.17) is 0 Å². The Morgan fingerprint density at radius 1 is 1.16 bits per heavy atom. The van der Waals surface area contributed by atoms with Crippen LogP contribution in [0.1, 0.15) is 49.7 Å². The molecule has 2 aliphatic carbocycles. The molecule has 2 aromatic rings. The number of fused-ring (bicyclic) bond motifs is 5. The van der Waals surface area contributed by atoms with Gasteiger partial charge in [0.15, 0.2) is 0 Å². The summed E-state index contributed by atoms with van der Waals surface area (Å²) in [7, 11) is -2.88. The SMILES string of the molecule is CC1(CCS(C)(=O)=O)CCC2c3ccc4ccccc4c3C=CC2C1. The van der Waals surface area contributed by atoms with Crippen LogP contribution in [0.2, 0.25) is 0 Å². The van der Waals surface area contributed by atoms with Crippen molar-refractivity contribution in [2.75, 3.05) is 12.0 Å². The van der Waals surface area contributed by atoms with Gasteiger partial charge in [0.1, 0.15) is 9.84 Å². The summed E-state index contributed by atoms with van der Waals surface area (Å²) in [5.74, 6) is 1.43. The van der Waals surface area contributed by atoms with Crippen molar-refractivity contribution in [2.45, 2.75) is 38.5 Å². The number of rotatable bonds is 3. The second-order valence-corrected chi connectivity index (χ2v) is 10.6. The van der Waals surface area contributed by atoms with Crippen LogP contribution in [0.3, 0.4) is 0 Å². The van der Waals surface area contributed by atoms with Crippen molar-refractivity contribution >= 4 is 26.7 Å². The van der Waals surface area contributed by atoms with Gasteiger partial charge in [-0.15, -0.1) is 0 Å². The van der Waals surface area contributed by atoms with Crippen LogP contribution >= 0.6 is 0 Å². The van der Waals surface area contributed by atoms with Crippen molar-refractivity contribution in [1.82, 2.24) is 0 Å². The summed E-state index contributed by atoms with van der Waals surface area (Å²) in [6, 6.07) is 13.2. The van der Waals surface area contributed by atoms with Crippen LogP contribution in [0.4, 0.5) is 0 Å². The van der Waals surface area contributed by atoms with Gasteiger partial charge < -0.3 is 0 Å². The van der Waals surface area contributed by atoms with Crippen LogP contribution in [0, 0.1) is 11.3 Å². The zero-order valence-electron chi connectivity index (χ0n) is 15.0. The van der Waals surface area contributed by atoms with Gasteiger partial charge in [0.05, 0.1) is 5.75 Å². The third-order valence-electron chi connectivity index (χ3n) is 6.29. The quantitative estimate of drug-likeness (QED) is 0.760. The van der Waals surface area contributed by atoms with Gasteiger partial charge in [-0.1, -0.05) is 55.5 Å². The molecule has 4 rings (SSSR count). The minimum Gasteiger partial charge on any atom is -0.229 e. The number of sulfone groups is 1. The third kappa shape index (κ3) is 3.27. The highest BCUT2D eigenvalue weighted by molar-refractivity contribution is 7.90. The maximum atomic E-state index is 11.6. The Kier molecular flexibility index (Phi) is 4.03. The van der Waals surface area contributed by atoms with E-state index in [9.17, 15) is 8.42 Å². The molecule has 0 saturated heterocycles. The molecule has 2 nitrogen and oxygen atoms in total. The molecule has 0 heterocycles. The van der Waals surface area contributed by atoms with E-state index >= 15 is 0 Å². The fraction of sp³-hybridized carbons (Fsp3) is 0.455. The molecule has 3 atom stereocenters. The van der Waals surface area contributed by atoms with Crippen LogP contribution in [0.5, 0.6) is 0 Å². The van der Waals surface area contributed by atoms with E-state index in [1.165, 1.54) is 28.2 Å². The first-order chi connectivity index (χ1) is 11.8. The largest absolute Gasteiger partial charge is 0.229 e. The van der Waals surface area contributed by atoms with E-state index in [2.05, 4.69) is 55.5 Å². The van der Waals surface area contributed by atoms with Crippen molar-refractivity contribution in [3.63, 3.8) is 0 Å². The van der Waals surface area contributed by atoms with E-state index < -0.39 is 9.84 Å². The zero-order valence-corrected chi connectivity index (χ0v) is 15.9. The Morgan fingerprint density at radius 3 is 2.76 bits per heavy atom. The number of hydrogen-bond acceptors (Lipinski definition) is 2. The summed E-state index contributed by atoms with van der Waals surface area (Å²) in [5.41, 5.74) is 3.01. The summed E-state index contributed by atoms with van der Waals surface area (Å²) in [6.07, 6.45) is 10.2. The highest BCUT2D eigenvalue weighted by Crippen LogP contribution is 2.52. The fourth-order valence-corrected chi connectivity index (χ4v) is 5.68. The molecule has 0 aromatic heterocycles. The van der Waals surface area contributed by atoms with Crippen LogP contribution < -0.4 is 0 Å². The first-order valence-electron chi connectivity index (χ1n) is 9.22. The standard InChI is InChI=1S/C22H26O2S/c1-22(13-14-25(2,23)24)12-11-19-17(15-22)8-10-20-18-6-4-3-5-16(18)7-9-21(19)20/h3-10,17,19H,11-15H2,1-2H3. The highest BCUT2D eigenvalue weighted by Gasteiger charge is 2.39. The van der Waals surface area contributed by atoms with Crippen molar-refractivity contribution in [3.05, 3.63) is 53.6 Å². The minimum atomic E-state index is -2.88.